The van der Waals surface area contributed by atoms with Gasteiger partial charge >= 0.3 is 5.97 Å². The quantitative estimate of drug-likeness (QED) is 0.180. The Labute approximate surface area is 103 Å². The van der Waals surface area contributed by atoms with E-state index in [9.17, 15) is 4.79 Å². The van der Waals surface area contributed by atoms with Gasteiger partial charge in [-0.15, -0.1) is 0 Å². The van der Waals surface area contributed by atoms with Crippen molar-refractivity contribution in [2.45, 2.75) is 57.8 Å². The topological polar surface area (TPSA) is 75.1 Å². The molecule has 0 N–H and O–H groups in total. The molecule has 0 spiro atoms. The van der Waals surface area contributed by atoms with Crippen LogP contribution in [0.25, 0.3) is 10.4 Å². The van der Waals surface area contributed by atoms with Crippen molar-refractivity contribution < 1.29 is 9.53 Å². The summed E-state index contributed by atoms with van der Waals surface area (Å²) in [5, 5.41) is 3.49. The van der Waals surface area contributed by atoms with E-state index < -0.39 is 0 Å². The van der Waals surface area contributed by atoms with Gasteiger partial charge in [-0.3, -0.25) is 4.79 Å². The van der Waals surface area contributed by atoms with Crippen molar-refractivity contribution in [1.82, 2.24) is 0 Å². The van der Waals surface area contributed by atoms with E-state index in [0.717, 1.165) is 25.7 Å². The molecule has 0 radical (unpaired) electrons. The molecule has 0 atom stereocenters. The van der Waals surface area contributed by atoms with Crippen LogP contribution in [0, 0.1) is 0 Å². The Bertz CT molecular complexity index is 238. The van der Waals surface area contributed by atoms with Crippen LogP contribution >= 0.6 is 0 Å². The molecule has 0 amide bonds. The van der Waals surface area contributed by atoms with E-state index in [2.05, 4.69) is 14.8 Å². The van der Waals surface area contributed by atoms with E-state index in [0.29, 0.717) is 13.0 Å². The summed E-state index contributed by atoms with van der Waals surface area (Å²) in [4.78, 5) is 13.5. The number of carbonyl (C=O) groups excluding carboxylic acids is 1. The van der Waals surface area contributed by atoms with E-state index >= 15 is 0 Å². The standard InChI is InChI=1S/C12H23N3O2/c1-17-12(16)10-8-6-4-2-3-5-7-9-11-14-15-13/h2-11H2,1H3. The minimum Gasteiger partial charge on any atom is -0.469 e. The van der Waals surface area contributed by atoms with Crippen molar-refractivity contribution in [3.63, 3.8) is 0 Å². The second-order valence-corrected chi connectivity index (χ2v) is 4.11. The minimum atomic E-state index is -0.108. The zero-order valence-electron chi connectivity index (χ0n) is 10.7. The van der Waals surface area contributed by atoms with Crippen LogP contribution in [0.5, 0.6) is 0 Å². The van der Waals surface area contributed by atoms with Gasteiger partial charge in [0.1, 0.15) is 0 Å². The van der Waals surface area contributed by atoms with Gasteiger partial charge in [-0.25, -0.2) is 0 Å². The van der Waals surface area contributed by atoms with Gasteiger partial charge in [0.25, 0.3) is 0 Å². The van der Waals surface area contributed by atoms with Crippen LogP contribution in [0.2, 0.25) is 0 Å². The van der Waals surface area contributed by atoms with Crippen LogP contribution in [0.3, 0.4) is 0 Å². The van der Waals surface area contributed by atoms with E-state index in [-0.39, 0.29) is 5.97 Å². The molecule has 98 valence electrons. The summed E-state index contributed by atoms with van der Waals surface area (Å²) >= 11 is 0. The Hall–Kier alpha value is -1.22. The Morgan fingerprint density at radius 2 is 1.59 bits per heavy atom. The fourth-order valence-corrected chi connectivity index (χ4v) is 1.66. The van der Waals surface area contributed by atoms with E-state index in [1.165, 1.54) is 32.8 Å². The highest BCUT2D eigenvalue weighted by Gasteiger charge is 1.98. The number of unbranched alkanes of at least 4 members (excludes halogenated alkanes) is 7. The van der Waals surface area contributed by atoms with E-state index in [1.807, 2.05) is 0 Å². The molecule has 0 aliphatic heterocycles. The van der Waals surface area contributed by atoms with Crippen LogP contribution in [0.15, 0.2) is 5.11 Å². The molecule has 0 aliphatic carbocycles. The van der Waals surface area contributed by atoms with Gasteiger partial charge in [0.2, 0.25) is 0 Å². The average Bonchev–Trinajstić information content (AvgIpc) is 2.35. The highest BCUT2D eigenvalue weighted by Crippen LogP contribution is 2.09. The third kappa shape index (κ3) is 12.7. The lowest BCUT2D eigenvalue weighted by atomic mass is 10.1. The third-order valence-electron chi connectivity index (χ3n) is 2.68. The molecule has 0 fully saturated rings. The molecular formula is C12H23N3O2. The van der Waals surface area contributed by atoms with Crippen LogP contribution in [0.1, 0.15) is 57.8 Å². The number of hydrogen-bond acceptors (Lipinski definition) is 3. The minimum absolute atomic E-state index is 0.108. The van der Waals surface area contributed by atoms with Crippen molar-refractivity contribution >= 4 is 5.97 Å². The molecule has 0 heterocycles. The zero-order chi connectivity index (χ0) is 12.8. The summed E-state index contributed by atoms with van der Waals surface area (Å²) in [5.41, 5.74) is 8.07. The van der Waals surface area contributed by atoms with Gasteiger partial charge in [-0.1, -0.05) is 43.6 Å². The summed E-state index contributed by atoms with van der Waals surface area (Å²) in [6, 6.07) is 0. The first kappa shape index (κ1) is 15.8. The number of esters is 1. The number of ether oxygens (including phenoxy) is 1. The normalized spacial score (nSPS) is 9.71. The molecule has 0 aromatic heterocycles. The first-order valence-electron chi connectivity index (χ1n) is 6.39. The van der Waals surface area contributed by atoms with Gasteiger partial charge in [0, 0.05) is 17.9 Å². The van der Waals surface area contributed by atoms with Gasteiger partial charge in [-0.2, -0.15) is 0 Å². The van der Waals surface area contributed by atoms with Crippen LogP contribution in [0.4, 0.5) is 0 Å². The van der Waals surface area contributed by atoms with Gasteiger partial charge < -0.3 is 4.74 Å². The second-order valence-electron chi connectivity index (χ2n) is 4.11. The number of nitrogens with zero attached hydrogens (tertiary/aromatic N) is 3. The van der Waals surface area contributed by atoms with Crippen LogP contribution < -0.4 is 0 Å². The predicted octanol–water partition coefficient (Wildman–Crippen LogP) is 3.98. The highest BCUT2D eigenvalue weighted by atomic mass is 16.5. The summed E-state index contributed by atoms with van der Waals surface area (Å²) in [7, 11) is 1.43. The number of methoxy groups -OCH3 is 1. The maximum atomic E-state index is 10.8. The molecule has 17 heavy (non-hydrogen) atoms. The van der Waals surface area contributed by atoms with E-state index in [1.54, 1.807) is 0 Å². The molecule has 0 bridgehead atoms. The molecule has 0 unspecified atom stereocenters. The summed E-state index contributed by atoms with van der Waals surface area (Å²) in [6.45, 7) is 0.621. The molecule has 5 heteroatoms. The smallest absolute Gasteiger partial charge is 0.305 e. The Kier molecular flexibility index (Phi) is 11.9. The van der Waals surface area contributed by atoms with Crippen molar-refractivity contribution in [2.24, 2.45) is 5.11 Å². The molecule has 0 aliphatic rings. The maximum absolute atomic E-state index is 10.8. The maximum Gasteiger partial charge on any atom is 0.305 e. The SMILES string of the molecule is COC(=O)CCCCCCCCCCN=[N+]=[N-]. The number of rotatable bonds is 11. The lowest BCUT2D eigenvalue weighted by Gasteiger charge is -2.01. The monoisotopic (exact) mass is 241 g/mol. The molecule has 0 aromatic rings. The third-order valence-corrected chi connectivity index (χ3v) is 2.68. The predicted molar refractivity (Wildman–Crippen MR) is 67.6 cm³/mol. The average molecular weight is 241 g/mol. The Morgan fingerprint density at radius 3 is 2.12 bits per heavy atom. The van der Waals surface area contributed by atoms with Crippen molar-refractivity contribution in [1.29, 1.82) is 0 Å². The number of carbonyl (C=O) groups is 1. The van der Waals surface area contributed by atoms with Gasteiger partial charge in [-0.05, 0) is 18.4 Å². The number of hydrogen-bond donors (Lipinski definition) is 0. The number of azide groups is 1. The van der Waals surface area contributed by atoms with E-state index in [4.69, 9.17) is 5.53 Å². The fraction of sp³-hybridized carbons (Fsp3) is 0.917. The molecule has 0 saturated heterocycles. The van der Waals surface area contributed by atoms with Crippen LogP contribution in [-0.2, 0) is 9.53 Å². The Morgan fingerprint density at radius 1 is 1.06 bits per heavy atom. The zero-order valence-corrected chi connectivity index (χ0v) is 10.7. The van der Waals surface area contributed by atoms with Gasteiger partial charge in [0.05, 0.1) is 7.11 Å². The lowest BCUT2D eigenvalue weighted by Crippen LogP contribution is -1.99. The van der Waals surface area contributed by atoms with Crippen molar-refractivity contribution in [3.8, 4) is 0 Å². The lowest BCUT2D eigenvalue weighted by molar-refractivity contribution is -0.140. The first-order valence-corrected chi connectivity index (χ1v) is 6.39. The summed E-state index contributed by atoms with van der Waals surface area (Å²) < 4.78 is 4.57. The largest absolute Gasteiger partial charge is 0.469 e. The molecule has 0 rings (SSSR count). The molecular weight excluding hydrogens is 218 g/mol. The second kappa shape index (κ2) is 12.8. The van der Waals surface area contributed by atoms with Gasteiger partial charge in [0.15, 0.2) is 0 Å². The molecule has 0 saturated carbocycles. The van der Waals surface area contributed by atoms with Crippen molar-refractivity contribution in [3.05, 3.63) is 10.4 Å². The fourth-order valence-electron chi connectivity index (χ4n) is 1.66. The first-order chi connectivity index (χ1) is 8.31. The van der Waals surface area contributed by atoms with Crippen molar-refractivity contribution in [2.75, 3.05) is 13.7 Å². The highest BCUT2D eigenvalue weighted by molar-refractivity contribution is 5.68. The van der Waals surface area contributed by atoms with Crippen LogP contribution in [-0.4, -0.2) is 19.6 Å². The molecule has 5 nitrogen and oxygen atoms in total. The summed E-state index contributed by atoms with van der Waals surface area (Å²) in [6.07, 6.45) is 9.57. The summed E-state index contributed by atoms with van der Waals surface area (Å²) in [5.74, 6) is -0.108. The molecule has 0 aromatic carbocycles. The Balaban J connectivity index is 3.03.